The first-order valence-corrected chi connectivity index (χ1v) is 5.19. The number of carbonyl (C=O) groups is 1. The monoisotopic (exact) mass is 233 g/mol. The first-order valence-electron chi connectivity index (χ1n) is 5.19. The van der Waals surface area contributed by atoms with Crippen molar-refractivity contribution < 1.29 is 9.53 Å². The predicted octanol–water partition coefficient (Wildman–Crippen LogP) is 2.61. The van der Waals surface area contributed by atoms with Crippen molar-refractivity contribution in [2.75, 3.05) is 5.32 Å². The number of anilines is 1. The number of nitrogens with one attached hydrogen (secondary N) is 1. The van der Waals surface area contributed by atoms with Gasteiger partial charge in [0.05, 0.1) is 0 Å². The summed E-state index contributed by atoms with van der Waals surface area (Å²) in [5, 5.41) is 11.2. The maximum absolute atomic E-state index is 11.5. The third-order valence-corrected chi connectivity index (χ3v) is 1.71. The van der Waals surface area contributed by atoms with Gasteiger partial charge in [-0.05, 0) is 45.4 Å². The first kappa shape index (κ1) is 13.0. The zero-order valence-corrected chi connectivity index (χ0v) is 10.4. The minimum atomic E-state index is -0.584. The van der Waals surface area contributed by atoms with E-state index in [0.717, 1.165) is 5.56 Å². The highest BCUT2D eigenvalue weighted by atomic mass is 16.6. The molecule has 0 aliphatic rings. The molecule has 0 radical (unpaired) electrons. The normalized spacial score (nSPS) is 10.5. The van der Waals surface area contributed by atoms with Crippen LogP contribution in [0.15, 0.2) is 12.1 Å². The molecular formula is C12H15N3O2. The third-order valence-electron chi connectivity index (χ3n) is 1.71. The molecule has 5 nitrogen and oxygen atoms in total. The van der Waals surface area contributed by atoms with Gasteiger partial charge in [-0.3, -0.25) is 5.32 Å². The van der Waals surface area contributed by atoms with Gasteiger partial charge in [0.1, 0.15) is 23.2 Å². The first-order chi connectivity index (χ1) is 7.80. The second-order valence-corrected chi connectivity index (χ2v) is 4.65. The van der Waals surface area contributed by atoms with Crippen LogP contribution in [0.2, 0.25) is 0 Å². The van der Waals surface area contributed by atoms with Crippen molar-refractivity contribution >= 4 is 11.9 Å². The molecule has 90 valence electrons. The van der Waals surface area contributed by atoms with Crippen molar-refractivity contribution in [1.82, 2.24) is 4.98 Å². The van der Waals surface area contributed by atoms with E-state index in [4.69, 9.17) is 10.00 Å². The summed E-state index contributed by atoms with van der Waals surface area (Å²) in [6.45, 7) is 7.15. The number of hydrogen-bond acceptors (Lipinski definition) is 4. The Balaban J connectivity index is 2.79. The second-order valence-electron chi connectivity index (χ2n) is 4.65. The summed E-state index contributed by atoms with van der Waals surface area (Å²) in [4.78, 5) is 15.4. The quantitative estimate of drug-likeness (QED) is 0.809. The molecule has 0 unspecified atom stereocenters. The highest BCUT2D eigenvalue weighted by Crippen LogP contribution is 2.12. The van der Waals surface area contributed by atoms with Gasteiger partial charge in [0.15, 0.2) is 0 Å². The van der Waals surface area contributed by atoms with Crippen LogP contribution < -0.4 is 5.32 Å². The molecule has 1 rings (SSSR count). The van der Waals surface area contributed by atoms with Crippen molar-refractivity contribution in [3.05, 3.63) is 23.4 Å². The molecule has 0 saturated heterocycles. The topological polar surface area (TPSA) is 75.0 Å². The van der Waals surface area contributed by atoms with Crippen molar-refractivity contribution in [2.24, 2.45) is 0 Å². The zero-order valence-electron chi connectivity index (χ0n) is 10.4. The van der Waals surface area contributed by atoms with Crippen LogP contribution in [0.4, 0.5) is 10.6 Å². The van der Waals surface area contributed by atoms with Gasteiger partial charge in [-0.1, -0.05) is 0 Å². The summed E-state index contributed by atoms with van der Waals surface area (Å²) in [6.07, 6.45) is -0.584. The fourth-order valence-corrected chi connectivity index (χ4v) is 1.20. The molecule has 17 heavy (non-hydrogen) atoms. The molecule has 0 bridgehead atoms. The number of ether oxygens (including phenoxy) is 1. The highest BCUT2D eigenvalue weighted by Gasteiger charge is 2.16. The molecule has 0 aliphatic heterocycles. The summed E-state index contributed by atoms with van der Waals surface area (Å²) < 4.78 is 5.08. The van der Waals surface area contributed by atoms with Crippen LogP contribution in [-0.2, 0) is 4.74 Å². The van der Waals surface area contributed by atoms with Crippen molar-refractivity contribution in [1.29, 1.82) is 5.26 Å². The van der Waals surface area contributed by atoms with E-state index >= 15 is 0 Å². The summed E-state index contributed by atoms with van der Waals surface area (Å²) in [6, 6.07) is 5.24. The van der Waals surface area contributed by atoms with Gasteiger partial charge in [-0.15, -0.1) is 0 Å². The molecule has 0 fully saturated rings. The average molecular weight is 233 g/mol. The number of amides is 1. The van der Waals surface area contributed by atoms with Gasteiger partial charge in [-0.2, -0.15) is 5.26 Å². The second kappa shape index (κ2) is 4.83. The van der Waals surface area contributed by atoms with E-state index in [1.807, 2.05) is 13.0 Å². The number of aromatic nitrogens is 1. The van der Waals surface area contributed by atoms with E-state index in [-0.39, 0.29) is 5.69 Å². The number of pyridine rings is 1. The lowest BCUT2D eigenvalue weighted by molar-refractivity contribution is 0.0635. The Morgan fingerprint density at radius 3 is 2.65 bits per heavy atom. The van der Waals surface area contributed by atoms with Crippen LogP contribution in [0, 0.1) is 18.3 Å². The minimum absolute atomic E-state index is 0.260. The maximum atomic E-state index is 11.5. The standard InChI is InChI=1S/C12H15N3O2/c1-8-5-9(7-13)14-10(6-8)15-11(16)17-12(2,3)4/h5-6H,1-4H3,(H,14,15,16). The maximum Gasteiger partial charge on any atom is 0.413 e. The summed E-state index contributed by atoms with van der Waals surface area (Å²) >= 11 is 0. The number of hydrogen-bond donors (Lipinski definition) is 1. The van der Waals surface area contributed by atoms with E-state index < -0.39 is 11.7 Å². The Hall–Kier alpha value is -2.09. The fourth-order valence-electron chi connectivity index (χ4n) is 1.20. The van der Waals surface area contributed by atoms with Crippen molar-refractivity contribution in [3.8, 4) is 6.07 Å². The van der Waals surface area contributed by atoms with Crippen LogP contribution in [0.5, 0.6) is 0 Å². The molecule has 1 amide bonds. The molecule has 1 N–H and O–H groups in total. The molecule has 1 aromatic rings. The molecule has 1 heterocycles. The molecular weight excluding hydrogens is 218 g/mol. The Morgan fingerprint density at radius 1 is 1.47 bits per heavy atom. The number of nitriles is 1. The molecule has 5 heteroatoms. The molecule has 0 spiro atoms. The summed E-state index contributed by atoms with van der Waals surface area (Å²) in [5.41, 5.74) is 0.546. The molecule has 0 aliphatic carbocycles. The Kier molecular flexibility index (Phi) is 3.69. The van der Waals surface area contributed by atoms with E-state index in [9.17, 15) is 4.79 Å². The molecule has 0 atom stereocenters. The average Bonchev–Trinajstić information content (AvgIpc) is 2.13. The zero-order chi connectivity index (χ0) is 13.1. The van der Waals surface area contributed by atoms with Crippen molar-refractivity contribution in [3.63, 3.8) is 0 Å². The highest BCUT2D eigenvalue weighted by molar-refractivity contribution is 5.83. The van der Waals surface area contributed by atoms with Gasteiger partial charge >= 0.3 is 6.09 Å². The lowest BCUT2D eigenvalue weighted by Crippen LogP contribution is -2.27. The van der Waals surface area contributed by atoms with Crippen LogP contribution in [0.1, 0.15) is 32.0 Å². The SMILES string of the molecule is Cc1cc(C#N)nc(NC(=O)OC(C)(C)C)c1. The Morgan fingerprint density at radius 2 is 2.12 bits per heavy atom. The minimum Gasteiger partial charge on any atom is -0.444 e. The van der Waals surface area contributed by atoms with Gasteiger partial charge in [0, 0.05) is 0 Å². The smallest absolute Gasteiger partial charge is 0.413 e. The van der Waals surface area contributed by atoms with Crippen LogP contribution in [-0.4, -0.2) is 16.7 Å². The Labute approximate surface area is 100 Å². The number of nitrogens with zero attached hydrogens (tertiary/aromatic N) is 2. The van der Waals surface area contributed by atoms with E-state index in [1.165, 1.54) is 0 Å². The molecule has 0 aromatic carbocycles. The van der Waals surface area contributed by atoms with E-state index in [2.05, 4.69) is 10.3 Å². The third kappa shape index (κ3) is 4.51. The van der Waals surface area contributed by atoms with Gasteiger partial charge in [-0.25, -0.2) is 9.78 Å². The number of carbonyl (C=O) groups excluding carboxylic acids is 1. The molecule has 0 saturated carbocycles. The lowest BCUT2D eigenvalue weighted by Gasteiger charge is -2.19. The number of aryl methyl sites for hydroxylation is 1. The number of rotatable bonds is 1. The van der Waals surface area contributed by atoms with Gasteiger partial charge in [0.2, 0.25) is 0 Å². The van der Waals surface area contributed by atoms with Crippen molar-refractivity contribution in [2.45, 2.75) is 33.3 Å². The lowest BCUT2D eigenvalue weighted by atomic mass is 10.2. The summed E-state index contributed by atoms with van der Waals surface area (Å²) in [7, 11) is 0. The van der Waals surface area contributed by atoms with Gasteiger partial charge in [0.25, 0.3) is 0 Å². The van der Waals surface area contributed by atoms with Crippen LogP contribution in [0.25, 0.3) is 0 Å². The largest absolute Gasteiger partial charge is 0.444 e. The van der Waals surface area contributed by atoms with Crippen LogP contribution in [0.3, 0.4) is 0 Å². The summed E-state index contributed by atoms with van der Waals surface area (Å²) in [5.74, 6) is 0.316. The van der Waals surface area contributed by atoms with Gasteiger partial charge < -0.3 is 4.74 Å². The fraction of sp³-hybridized carbons (Fsp3) is 0.417. The predicted molar refractivity (Wildman–Crippen MR) is 63.5 cm³/mol. The molecule has 1 aromatic heterocycles. The van der Waals surface area contributed by atoms with Crippen LogP contribution >= 0.6 is 0 Å². The Bertz CT molecular complexity index is 470. The van der Waals surface area contributed by atoms with E-state index in [0.29, 0.717) is 5.82 Å². The van der Waals surface area contributed by atoms with E-state index in [1.54, 1.807) is 32.9 Å².